The monoisotopic (exact) mass is 270 g/mol. The maximum atomic E-state index is 11.9. The molecule has 18 heavy (non-hydrogen) atoms. The van der Waals surface area contributed by atoms with Crippen LogP contribution in [0.3, 0.4) is 0 Å². The Hall–Kier alpha value is -1.20. The fraction of sp³-hybridized carbons (Fsp3) is 0.462. The van der Waals surface area contributed by atoms with Crippen LogP contribution in [0.15, 0.2) is 29.2 Å². The number of carbonyl (C=O) groups excluding carboxylic acids is 1. The molecule has 0 aliphatic rings. The number of rotatable bonds is 6. The molecule has 0 aliphatic carbocycles. The molecule has 1 rings (SSSR count). The lowest BCUT2D eigenvalue weighted by molar-refractivity contribution is -0.120. The second-order valence-electron chi connectivity index (χ2n) is 4.45. The van der Waals surface area contributed by atoms with E-state index in [1.54, 1.807) is 24.3 Å². The van der Waals surface area contributed by atoms with Gasteiger partial charge in [0, 0.05) is 7.11 Å². The molecule has 0 N–H and O–H groups in total. The van der Waals surface area contributed by atoms with Crippen molar-refractivity contribution in [2.24, 2.45) is 0 Å². The molecular formula is C13H18O4S. The second kappa shape index (κ2) is 6.11. The first-order valence-corrected chi connectivity index (χ1v) is 7.35. The van der Waals surface area contributed by atoms with Gasteiger partial charge in [-0.1, -0.05) is 26.0 Å². The van der Waals surface area contributed by atoms with Crippen LogP contribution in [0.5, 0.6) is 0 Å². The topological polar surface area (TPSA) is 60.4 Å². The van der Waals surface area contributed by atoms with Crippen molar-refractivity contribution in [2.75, 3.05) is 19.5 Å². The second-order valence-corrected chi connectivity index (χ2v) is 6.44. The molecule has 0 unspecified atom stereocenters. The Morgan fingerprint density at radius 3 is 2.22 bits per heavy atom. The van der Waals surface area contributed by atoms with Gasteiger partial charge in [-0.2, -0.15) is 0 Å². The molecule has 5 heteroatoms. The zero-order valence-electron chi connectivity index (χ0n) is 10.8. The maximum Gasteiger partial charge on any atom is 0.185 e. The number of hydrogen-bond acceptors (Lipinski definition) is 4. The van der Waals surface area contributed by atoms with Crippen molar-refractivity contribution in [3.63, 3.8) is 0 Å². The van der Waals surface area contributed by atoms with Gasteiger partial charge in [0.2, 0.25) is 0 Å². The van der Waals surface area contributed by atoms with Crippen LogP contribution in [0.2, 0.25) is 0 Å². The summed E-state index contributed by atoms with van der Waals surface area (Å²) >= 11 is 0. The molecule has 1 aromatic rings. The molecule has 0 atom stereocenters. The summed E-state index contributed by atoms with van der Waals surface area (Å²) in [6.07, 6.45) is 0. The molecule has 0 amide bonds. The van der Waals surface area contributed by atoms with Crippen molar-refractivity contribution >= 4 is 15.6 Å². The Morgan fingerprint density at radius 1 is 1.22 bits per heavy atom. The van der Waals surface area contributed by atoms with E-state index >= 15 is 0 Å². The molecule has 100 valence electrons. The van der Waals surface area contributed by atoms with Gasteiger partial charge in [-0.15, -0.1) is 0 Å². The number of carbonyl (C=O) groups is 1. The molecular weight excluding hydrogens is 252 g/mol. The number of Topliss-reactive ketones (excluding diaryl/α,β-unsaturated/α-hetero) is 1. The molecule has 0 bridgehead atoms. The Kier molecular flexibility index (Phi) is 5.04. The Morgan fingerprint density at radius 2 is 1.78 bits per heavy atom. The standard InChI is InChI=1S/C13H18O4S/c1-10(2)11-4-6-13(7-5-11)18(15,16)9-12(14)8-17-3/h4-7,10H,8-9H2,1-3H3. The number of sulfone groups is 1. The molecule has 0 radical (unpaired) electrons. The van der Waals surface area contributed by atoms with Crippen LogP contribution >= 0.6 is 0 Å². The first-order valence-electron chi connectivity index (χ1n) is 5.70. The summed E-state index contributed by atoms with van der Waals surface area (Å²) in [5, 5.41) is 0. The molecule has 0 aliphatic heterocycles. The van der Waals surface area contributed by atoms with Crippen LogP contribution in [0.25, 0.3) is 0 Å². The highest BCUT2D eigenvalue weighted by atomic mass is 32.2. The van der Waals surface area contributed by atoms with Gasteiger partial charge < -0.3 is 4.74 Å². The summed E-state index contributed by atoms with van der Waals surface area (Å²) in [6.45, 7) is 3.89. The van der Waals surface area contributed by atoms with E-state index in [4.69, 9.17) is 0 Å². The fourth-order valence-corrected chi connectivity index (χ4v) is 2.78. The third kappa shape index (κ3) is 3.92. The zero-order valence-corrected chi connectivity index (χ0v) is 11.7. The van der Waals surface area contributed by atoms with Crippen LogP contribution in [0, 0.1) is 0 Å². The lowest BCUT2D eigenvalue weighted by atomic mass is 10.0. The first kappa shape index (κ1) is 14.9. The molecule has 0 saturated carbocycles. The molecule has 0 aromatic heterocycles. The predicted molar refractivity (Wildman–Crippen MR) is 69.5 cm³/mol. The van der Waals surface area contributed by atoms with Crippen molar-refractivity contribution in [2.45, 2.75) is 24.7 Å². The highest BCUT2D eigenvalue weighted by Crippen LogP contribution is 2.18. The van der Waals surface area contributed by atoms with Gasteiger partial charge >= 0.3 is 0 Å². The summed E-state index contributed by atoms with van der Waals surface area (Å²) in [5.74, 6) is -0.607. The third-order valence-electron chi connectivity index (χ3n) is 2.56. The number of ketones is 1. The van der Waals surface area contributed by atoms with Crippen molar-refractivity contribution in [1.82, 2.24) is 0 Å². The summed E-state index contributed by atoms with van der Waals surface area (Å²) < 4.78 is 28.5. The van der Waals surface area contributed by atoms with Gasteiger partial charge in [0.25, 0.3) is 0 Å². The Bertz CT molecular complexity index is 500. The molecule has 1 aromatic carbocycles. The van der Waals surface area contributed by atoms with Crippen molar-refractivity contribution in [3.8, 4) is 0 Å². The summed E-state index contributed by atoms with van der Waals surface area (Å²) in [6, 6.07) is 6.65. The van der Waals surface area contributed by atoms with Gasteiger partial charge in [0.15, 0.2) is 15.6 Å². The smallest absolute Gasteiger partial charge is 0.185 e. The SMILES string of the molecule is COCC(=O)CS(=O)(=O)c1ccc(C(C)C)cc1. The van der Waals surface area contributed by atoms with Gasteiger partial charge in [-0.25, -0.2) is 8.42 Å². The molecule has 4 nitrogen and oxygen atoms in total. The van der Waals surface area contributed by atoms with E-state index in [1.165, 1.54) is 7.11 Å². The van der Waals surface area contributed by atoms with Crippen LogP contribution < -0.4 is 0 Å². The minimum absolute atomic E-state index is 0.177. The van der Waals surface area contributed by atoms with Crippen LogP contribution in [-0.4, -0.2) is 33.7 Å². The van der Waals surface area contributed by atoms with E-state index in [1.807, 2.05) is 13.8 Å². The average Bonchev–Trinajstić information content (AvgIpc) is 2.28. The lowest BCUT2D eigenvalue weighted by Gasteiger charge is -2.07. The summed E-state index contributed by atoms with van der Waals surface area (Å²) in [5.41, 5.74) is 1.07. The van der Waals surface area contributed by atoms with E-state index in [-0.39, 0.29) is 11.5 Å². The zero-order chi connectivity index (χ0) is 13.8. The fourth-order valence-electron chi connectivity index (χ4n) is 1.56. The summed E-state index contributed by atoms with van der Waals surface area (Å²) in [4.78, 5) is 11.5. The normalized spacial score (nSPS) is 11.8. The Balaban J connectivity index is 2.88. The number of hydrogen-bond donors (Lipinski definition) is 0. The van der Waals surface area contributed by atoms with Crippen LogP contribution in [-0.2, 0) is 19.4 Å². The lowest BCUT2D eigenvalue weighted by Crippen LogP contribution is -2.20. The molecule has 0 heterocycles. The van der Waals surface area contributed by atoms with E-state index < -0.39 is 21.4 Å². The Labute approximate surface area is 108 Å². The van der Waals surface area contributed by atoms with Gasteiger partial charge in [-0.05, 0) is 23.6 Å². The van der Waals surface area contributed by atoms with Crippen LogP contribution in [0.4, 0.5) is 0 Å². The minimum Gasteiger partial charge on any atom is -0.377 e. The highest BCUT2D eigenvalue weighted by Gasteiger charge is 2.19. The first-order chi connectivity index (χ1) is 8.36. The highest BCUT2D eigenvalue weighted by molar-refractivity contribution is 7.92. The molecule has 0 saturated heterocycles. The quantitative estimate of drug-likeness (QED) is 0.791. The van der Waals surface area contributed by atoms with Gasteiger partial charge in [-0.3, -0.25) is 4.79 Å². The van der Waals surface area contributed by atoms with E-state index in [9.17, 15) is 13.2 Å². The largest absolute Gasteiger partial charge is 0.377 e. The van der Waals surface area contributed by atoms with Crippen molar-refractivity contribution < 1.29 is 17.9 Å². The molecule has 0 fully saturated rings. The van der Waals surface area contributed by atoms with Crippen LogP contribution in [0.1, 0.15) is 25.3 Å². The van der Waals surface area contributed by atoms with Gasteiger partial charge in [0.1, 0.15) is 12.4 Å². The molecule has 0 spiro atoms. The van der Waals surface area contributed by atoms with Gasteiger partial charge in [0.05, 0.1) is 4.90 Å². The maximum absolute atomic E-state index is 11.9. The minimum atomic E-state index is -3.55. The number of benzene rings is 1. The number of methoxy groups -OCH3 is 1. The van der Waals surface area contributed by atoms with E-state index in [0.717, 1.165) is 5.56 Å². The predicted octanol–water partition coefficient (Wildman–Crippen LogP) is 1.80. The summed E-state index contributed by atoms with van der Waals surface area (Å²) in [7, 11) is -2.19. The van der Waals surface area contributed by atoms with Crippen molar-refractivity contribution in [3.05, 3.63) is 29.8 Å². The number of ether oxygens (including phenoxy) is 1. The third-order valence-corrected chi connectivity index (χ3v) is 4.25. The van der Waals surface area contributed by atoms with Crippen molar-refractivity contribution in [1.29, 1.82) is 0 Å². The van der Waals surface area contributed by atoms with E-state index in [2.05, 4.69) is 4.74 Å². The van der Waals surface area contributed by atoms with E-state index in [0.29, 0.717) is 5.92 Å². The average molecular weight is 270 g/mol.